The summed E-state index contributed by atoms with van der Waals surface area (Å²) in [5, 5.41) is 11.6. The fourth-order valence-electron chi connectivity index (χ4n) is 5.43. The van der Waals surface area contributed by atoms with Gasteiger partial charge in [-0.3, -0.25) is 9.59 Å². The topological polar surface area (TPSA) is 102 Å². The third kappa shape index (κ3) is 34.3. The Morgan fingerprint density at radius 2 is 1.11 bits per heavy atom. The Bertz CT molecular complexity index is 1100. The molecule has 0 aromatic heterocycles. The molecule has 0 heterocycles. The highest BCUT2D eigenvalue weighted by atomic mass is 16.6. The summed E-state index contributed by atoms with van der Waals surface area (Å²) in [5.41, 5.74) is 0. The number of ether oxygens (including phenoxy) is 3. The smallest absolute Gasteiger partial charge is 0.310 e. The van der Waals surface area contributed by atoms with Crippen LogP contribution in [-0.2, 0) is 28.6 Å². The molecule has 0 radical (unpaired) electrons. The van der Waals surface area contributed by atoms with Crippen LogP contribution < -0.4 is 5.11 Å². The minimum absolute atomic E-state index is 0.00506. The number of unbranched alkanes of at least 4 members (excludes halogenated alkanes) is 10. The Morgan fingerprint density at radius 3 is 1.64 bits per heavy atom. The molecule has 0 rings (SSSR count). The van der Waals surface area contributed by atoms with Crippen molar-refractivity contribution in [2.24, 2.45) is 0 Å². The highest BCUT2D eigenvalue weighted by Gasteiger charge is 2.25. The van der Waals surface area contributed by atoms with Crippen LogP contribution >= 0.6 is 0 Å². The van der Waals surface area contributed by atoms with Gasteiger partial charge in [0.05, 0.1) is 46.7 Å². The molecular weight excluding hydrogens is 666 g/mol. The molecule has 8 nitrogen and oxygen atoms in total. The van der Waals surface area contributed by atoms with Gasteiger partial charge in [0, 0.05) is 12.8 Å². The number of likely N-dealkylation sites (N-methyl/N-ethyl adjacent to an activating group) is 1. The Balaban J connectivity index is 4.56. The second-order valence-electron chi connectivity index (χ2n) is 14.5. The van der Waals surface area contributed by atoms with Gasteiger partial charge in [-0.1, -0.05) is 132 Å². The van der Waals surface area contributed by atoms with Crippen LogP contribution in [-0.4, -0.2) is 75.5 Å². The van der Waals surface area contributed by atoms with Crippen LogP contribution in [0.1, 0.15) is 142 Å². The van der Waals surface area contributed by atoms with Gasteiger partial charge in [-0.05, 0) is 64.2 Å². The molecule has 0 aromatic rings. The minimum atomic E-state index is -1.14. The van der Waals surface area contributed by atoms with Gasteiger partial charge in [0.15, 0.2) is 6.10 Å². The number of rotatable bonds is 35. The van der Waals surface area contributed by atoms with Gasteiger partial charge in [0.25, 0.3) is 0 Å². The molecule has 2 unspecified atom stereocenters. The van der Waals surface area contributed by atoms with E-state index >= 15 is 0 Å². The van der Waals surface area contributed by atoms with E-state index < -0.39 is 24.1 Å². The van der Waals surface area contributed by atoms with Crippen LogP contribution in [0.4, 0.5) is 0 Å². The summed E-state index contributed by atoms with van der Waals surface area (Å²) < 4.78 is 17.0. The average Bonchev–Trinajstić information content (AvgIpc) is 3.11. The Hall–Kier alpha value is -3.23. The van der Waals surface area contributed by atoms with E-state index in [2.05, 4.69) is 74.6 Å². The molecule has 8 heteroatoms. The quantitative estimate of drug-likeness (QED) is 0.0276. The maximum absolute atomic E-state index is 12.6. The van der Waals surface area contributed by atoms with E-state index in [1.54, 1.807) is 27.2 Å². The summed E-state index contributed by atoms with van der Waals surface area (Å²) in [6, 6.07) is -0.745. The van der Waals surface area contributed by atoms with E-state index in [-0.39, 0.29) is 43.1 Å². The number of aliphatic carboxylic acids is 1. The molecule has 0 amide bonds. The number of carboxylic acid groups (broad SMARTS) is 1. The van der Waals surface area contributed by atoms with Crippen LogP contribution in [0, 0.1) is 0 Å². The zero-order valence-corrected chi connectivity index (χ0v) is 34.2. The van der Waals surface area contributed by atoms with Crippen molar-refractivity contribution in [3.63, 3.8) is 0 Å². The summed E-state index contributed by atoms with van der Waals surface area (Å²) in [6.45, 7) is 4.40. The van der Waals surface area contributed by atoms with Crippen LogP contribution in [0.2, 0.25) is 0 Å². The first-order valence-electron chi connectivity index (χ1n) is 20.5. The summed E-state index contributed by atoms with van der Waals surface area (Å²) in [4.78, 5) is 36.7. The van der Waals surface area contributed by atoms with Crippen molar-refractivity contribution >= 4 is 17.9 Å². The maximum atomic E-state index is 12.6. The molecule has 0 aliphatic carbocycles. The molecule has 0 fully saturated rings. The highest BCUT2D eigenvalue weighted by Crippen LogP contribution is 2.11. The first kappa shape index (κ1) is 49.8. The molecule has 0 aliphatic rings. The van der Waals surface area contributed by atoms with E-state index in [9.17, 15) is 19.5 Å². The number of carbonyl (C=O) groups excluding carboxylic acids is 3. The molecule has 2 atom stereocenters. The van der Waals surface area contributed by atoms with Gasteiger partial charge in [-0.15, -0.1) is 0 Å². The van der Waals surface area contributed by atoms with Gasteiger partial charge in [-0.25, -0.2) is 0 Å². The molecule has 0 bridgehead atoms. The van der Waals surface area contributed by atoms with Crippen molar-refractivity contribution in [2.75, 3.05) is 41.0 Å². The third-order valence-corrected chi connectivity index (χ3v) is 8.61. The number of esters is 2. The lowest BCUT2D eigenvalue weighted by molar-refractivity contribution is -0.889. The van der Waals surface area contributed by atoms with Gasteiger partial charge >= 0.3 is 11.9 Å². The monoisotopic (exact) mass is 742 g/mol. The van der Waals surface area contributed by atoms with E-state index in [0.717, 1.165) is 57.8 Å². The largest absolute Gasteiger partial charge is 0.544 e. The summed E-state index contributed by atoms with van der Waals surface area (Å²) in [7, 11) is 5.36. The zero-order chi connectivity index (χ0) is 39.3. The SMILES string of the molecule is CC/C=C\C/C=C\C/C=C\C/C=C\C/C=C\CC(=O)OC(COCCC(C(=O)[O-])[N+](C)(C)C)COC(=O)CCCCCCC/C=C\CCCCCCC. The van der Waals surface area contributed by atoms with Crippen molar-refractivity contribution in [3.8, 4) is 0 Å². The van der Waals surface area contributed by atoms with Crippen molar-refractivity contribution in [2.45, 2.75) is 154 Å². The molecule has 0 saturated carbocycles. The first-order chi connectivity index (χ1) is 25.6. The molecule has 0 aliphatic heterocycles. The van der Waals surface area contributed by atoms with Crippen molar-refractivity contribution in [1.82, 2.24) is 0 Å². The molecular formula is C45H75NO7. The molecule has 0 N–H and O–H groups in total. The highest BCUT2D eigenvalue weighted by molar-refractivity contribution is 5.71. The lowest BCUT2D eigenvalue weighted by Gasteiger charge is -2.34. The van der Waals surface area contributed by atoms with Crippen LogP contribution in [0.5, 0.6) is 0 Å². The molecule has 0 spiro atoms. The average molecular weight is 742 g/mol. The van der Waals surface area contributed by atoms with Gasteiger partial charge in [0.2, 0.25) is 0 Å². The second kappa shape index (κ2) is 35.8. The van der Waals surface area contributed by atoms with Gasteiger partial charge < -0.3 is 28.6 Å². The summed E-state index contributed by atoms with van der Waals surface area (Å²) >= 11 is 0. The van der Waals surface area contributed by atoms with E-state index in [1.807, 2.05) is 6.08 Å². The van der Waals surface area contributed by atoms with Crippen molar-refractivity contribution in [3.05, 3.63) is 72.9 Å². The molecule has 0 saturated heterocycles. The number of quaternary nitrogens is 1. The Kier molecular flexibility index (Phi) is 33.6. The van der Waals surface area contributed by atoms with E-state index in [0.29, 0.717) is 12.8 Å². The predicted octanol–water partition coefficient (Wildman–Crippen LogP) is 9.46. The van der Waals surface area contributed by atoms with E-state index in [1.165, 1.54) is 44.9 Å². The summed E-state index contributed by atoms with van der Waals surface area (Å²) in [6.07, 6.45) is 43.8. The van der Waals surface area contributed by atoms with Gasteiger partial charge in [0.1, 0.15) is 12.6 Å². The molecule has 302 valence electrons. The minimum Gasteiger partial charge on any atom is -0.544 e. The predicted molar refractivity (Wildman–Crippen MR) is 217 cm³/mol. The number of allylic oxidation sites excluding steroid dienone is 11. The van der Waals surface area contributed by atoms with Crippen LogP contribution in [0.15, 0.2) is 72.9 Å². The molecule has 0 aromatic carbocycles. The van der Waals surface area contributed by atoms with Gasteiger partial charge in [-0.2, -0.15) is 0 Å². The Labute approximate surface area is 323 Å². The van der Waals surface area contributed by atoms with Crippen LogP contribution in [0.25, 0.3) is 0 Å². The molecule has 53 heavy (non-hydrogen) atoms. The van der Waals surface area contributed by atoms with Crippen LogP contribution in [0.3, 0.4) is 0 Å². The number of nitrogens with zero attached hydrogens (tertiary/aromatic N) is 1. The fourth-order valence-corrected chi connectivity index (χ4v) is 5.43. The summed E-state index contributed by atoms with van der Waals surface area (Å²) in [5.74, 6) is -1.92. The maximum Gasteiger partial charge on any atom is 0.310 e. The van der Waals surface area contributed by atoms with Crippen molar-refractivity contribution < 1.29 is 38.2 Å². The Morgan fingerprint density at radius 1 is 0.604 bits per heavy atom. The lowest BCUT2D eigenvalue weighted by atomic mass is 10.1. The third-order valence-electron chi connectivity index (χ3n) is 8.61. The van der Waals surface area contributed by atoms with Crippen molar-refractivity contribution in [1.29, 1.82) is 0 Å². The number of hydrogen-bond acceptors (Lipinski definition) is 7. The zero-order valence-electron chi connectivity index (χ0n) is 34.2. The number of carbonyl (C=O) groups is 3. The number of carboxylic acids is 1. The standard InChI is InChI=1S/C45H75NO7/c1-6-8-10-12-14-16-18-20-22-24-26-28-30-32-34-36-44(48)53-41(39-51-38-37-42(45(49)50)46(3,4)5)40-52-43(47)35-33-31-29-27-25-23-21-19-17-15-13-11-9-7-2/h8,10,14,16,19-22,26,28,32,34,41-42H,6-7,9,11-13,15,17-18,23-25,27,29-31,33,35-40H2,1-5H3/b10-8-,16-14-,21-19-,22-20-,28-26-,34-32-. The normalized spacial score (nSPS) is 13.8. The number of hydrogen-bond donors (Lipinski definition) is 0. The first-order valence-corrected chi connectivity index (χ1v) is 20.5. The lowest BCUT2D eigenvalue weighted by Crippen LogP contribution is -2.55. The fraction of sp³-hybridized carbons (Fsp3) is 0.667. The van der Waals surface area contributed by atoms with E-state index in [4.69, 9.17) is 14.2 Å². The second-order valence-corrected chi connectivity index (χ2v) is 14.5.